The molecule has 7 nitrogen and oxygen atoms in total. The Hall–Kier alpha value is -3.64. The van der Waals surface area contributed by atoms with E-state index in [0.717, 1.165) is 29.4 Å². The van der Waals surface area contributed by atoms with Crippen LogP contribution in [0.2, 0.25) is 0 Å². The average Bonchev–Trinajstić information content (AvgIpc) is 3.59. The minimum atomic E-state index is -1.50. The van der Waals surface area contributed by atoms with Crippen molar-refractivity contribution in [2.45, 2.75) is 24.9 Å². The third-order valence-electron chi connectivity index (χ3n) is 5.99. The second-order valence-electron chi connectivity index (χ2n) is 8.52. The van der Waals surface area contributed by atoms with E-state index in [0.29, 0.717) is 39.7 Å². The highest BCUT2D eigenvalue weighted by atomic mass is 31.0. The van der Waals surface area contributed by atoms with Crippen LogP contribution in [0.4, 0.5) is 4.39 Å². The van der Waals surface area contributed by atoms with Gasteiger partial charge in [0.1, 0.15) is 11.4 Å². The monoisotopic (exact) mass is 473 g/mol. The summed E-state index contributed by atoms with van der Waals surface area (Å²) in [4.78, 5) is 18.7. The lowest BCUT2D eigenvalue weighted by atomic mass is 10.0. The molecule has 0 bridgehead atoms. The van der Waals surface area contributed by atoms with E-state index in [1.807, 2.05) is 52.9 Å². The van der Waals surface area contributed by atoms with Gasteiger partial charge in [-0.25, -0.2) is 9.50 Å². The molecule has 2 aromatic carbocycles. The molecular formula is C25H21FN5O2P. The van der Waals surface area contributed by atoms with Crippen molar-refractivity contribution in [3.8, 4) is 28.1 Å². The molecule has 3 heterocycles. The van der Waals surface area contributed by atoms with Crippen LogP contribution in [0.15, 0.2) is 65.7 Å². The summed E-state index contributed by atoms with van der Waals surface area (Å²) in [5.41, 5.74) is 4.25. The number of fused-ring (bicyclic) bond motifs is 2. The number of alkyl halides is 1. The highest BCUT2D eigenvalue weighted by Gasteiger charge is 2.26. The maximum absolute atomic E-state index is 13.9. The Morgan fingerprint density at radius 2 is 1.85 bits per heavy atom. The normalized spacial score (nSPS) is 14.6. The van der Waals surface area contributed by atoms with Gasteiger partial charge < -0.3 is 4.74 Å². The highest BCUT2D eigenvalue weighted by molar-refractivity contribution is 7.16. The van der Waals surface area contributed by atoms with Crippen LogP contribution in [0.25, 0.3) is 38.9 Å². The van der Waals surface area contributed by atoms with Gasteiger partial charge in [-0.1, -0.05) is 27.4 Å². The molecule has 0 amide bonds. The van der Waals surface area contributed by atoms with Gasteiger partial charge in [-0.15, -0.1) is 0 Å². The molecular weight excluding hydrogens is 452 g/mol. The van der Waals surface area contributed by atoms with E-state index >= 15 is 0 Å². The van der Waals surface area contributed by atoms with Gasteiger partial charge in [-0.2, -0.15) is 14.6 Å². The predicted octanol–water partition coefficient (Wildman–Crippen LogP) is 4.69. The molecule has 0 N–H and O–H groups in total. The standard InChI is InChI=1S/C25H21FN5O2P/c1-30-13-17-12-16(6-9-20(17)28-30)22-23(32)21(15-4-7-18(8-5-15)33-25(26)34)24-27-19(14-2-3-14)10-11-31(24)29-22/h4-14,25H,2-3,34H2,1H3. The molecule has 34 heavy (non-hydrogen) atoms. The summed E-state index contributed by atoms with van der Waals surface area (Å²) in [5.74, 6) is 0.804. The average molecular weight is 473 g/mol. The van der Waals surface area contributed by atoms with Crippen LogP contribution in [0.3, 0.4) is 0 Å². The zero-order valence-electron chi connectivity index (χ0n) is 18.4. The van der Waals surface area contributed by atoms with Crippen LogP contribution in [-0.2, 0) is 7.05 Å². The Balaban J connectivity index is 1.57. The van der Waals surface area contributed by atoms with Crippen molar-refractivity contribution in [1.82, 2.24) is 24.4 Å². The summed E-state index contributed by atoms with van der Waals surface area (Å²) in [7, 11) is 3.81. The molecule has 170 valence electrons. The summed E-state index contributed by atoms with van der Waals surface area (Å²) in [5, 5.41) is 9.99. The zero-order valence-corrected chi connectivity index (χ0v) is 19.5. The van der Waals surface area contributed by atoms with Crippen molar-refractivity contribution in [1.29, 1.82) is 0 Å². The quantitative estimate of drug-likeness (QED) is 0.346. The van der Waals surface area contributed by atoms with Crippen LogP contribution >= 0.6 is 9.24 Å². The Morgan fingerprint density at radius 1 is 1.09 bits per heavy atom. The van der Waals surface area contributed by atoms with Crippen molar-refractivity contribution in [2.24, 2.45) is 7.05 Å². The predicted molar refractivity (Wildman–Crippen MR) is 132 cm³/mol. The number of halogens is 1. The van der Waals surface area contributed by atoms with E-state index in [-0.39, 0.29) is 5.43 Å². The van der Waals surface area contributed by atoms with Gasteiger partial charge >= 0.3 is 0 Å². The summed E-state index contributed by atoms with van der Waals surface area (Å²) < 4.78 is 21.7. The van der Waals surface area contributed by atoms with E-state index in [1.165, 1.54) is 0 Å². The SMILES string of the molecule is Cn1cc2cc(-c3nn4ccc(C5CC5)nc4c(-c4ccc(OC(F)P)cc4)c3=O)ccc2n1. The van der Waals surface area contributed by atoms with Crippen LogP contribution < -0.4 is 10.2 Å². The number of aromatic nitrogens is 5. The lowest BCUT2D eigenvalue weighted by molar-refractivity contribution is 0.153. The van der Waals surface area contributed by atoms with Gasteiger partial charge in [0.2, 0.25) is 11.5 Å². The molecule has 5 aromatic rings. The maximum Gasteiger partial charge on any atom is 0.249 e. The summed E-state index contributed by atoms with van der Waals surface area (Å²) in [6.45, 7) is 0. The first-order valence-corrected chi connectivity index (χ1v) is 11.7. The fourth-order valence-corrected chi connectivity index (χ4v) is 4.39. The number of nitrogens with zero attached hydrogens (tertiary/aromatic N) is 5. The molecule has 0 radical (unpaired) electrons. The Bertz CT molecular complexity index is 1610. The molecule has 0 spiro atoms. The first-order chi connectivity index (χ1) is 16.5. The van der Waals surface area contributed by atoms with Crippen molar-refractivity contribution in [3.63, 3.8) is 0 Å². The number of ether oxygens (including phenoxy) is 1. The molecule has 2 atom stereocenters. The van der Waals surface area contributed by atoms with Crippen LogP contribution in [0.5, 0.6) is 5.75 Å². The number of hydrogen-bond donors (Lipinski definition) is 0. The largest absolute Gasteiger partial charge is 0.457 e. The molecule has 2 unspecified atom stereocenters. The van der Waals surface area contributed by atoms with Gasteiger partial charge in [0, 0.05) is 42.0 Å². The molecule has 3 aromatic heterocycles. The molecule has 1 aliphatic carbocycles. The van der Waals surface area contributed by atoms with Gasteiger partial charge in [0.05, 0.1) is 11.1 Å². The minimum Gasteiger partial charge on any atom is -0.457 e. The Labute approximate surface area is 196 Å². The van der Waals surface area contributed by atoms with E-state index in [9.17, 15) is 9.18 Å². The third kappa shape index (κ3) is 3.74. The number of benzene rings is 2. The summed E-state index contributed by atoms with van der Waals surface area (Å²) >= 11 is 0. The summed E-state index contributed by atoms with van der Waals surface area (Å²) in [6.07, 6.45) is 4.47. The smallest absolute Gasteiger partial charge is 0.249 e. The molecule has 1 aliphatic rings. The van der Waals surface area contributed by atoms with E-state index in [1.54, 1.807) is 33.5 Å². The first-order valence-electron chi connectivity index (χ1n) is 11.0. The molecule has 1 saturated carbocycles. The second-order valence-corrected chi connectivity index (χ2v) is 9.04. The van der Waals surface area contributed by atoms with Gasteiger partial charge in [0.25, 0.3) is 0 Å². The molecule has 1 fully saturated rings. The minimum absolute atomic E-state index is 0.216. The van der Waals surface area contributed by atoms with Crippen molar-refractivity contribution >= 4 is 25.8 Å². The number of aryl methyl sites for hydroxylation is 1. The van der Waals surface area contributed by atoms with Crippen molar-refractivity contribution < 1.29 is 9.13 Å². The Morgan fingerprint density at radius 3 is 2.59 bits per heavy atom. The molecule has 0 saturated heterocycles. The van der Waals surface area contributed by atoms with Crippen LogP contribution in [0.1, 0.15) is 24.5 Å². The summed E-state index contributed by atoms with van der Waals surface area (Å²) in [6, 6.07) is 14.4. The topological polar surface area (TPSA) is 74.3 Å². The van der Waals surface area contributed by atoms with Crippen LogP contribution in [0, 0.1) is 0 Å². The zero-order chi connectivity index (χ0) is 23.4. The third-order valence-corrected chi connectivity index (χ3v) is 6.13. The van der Waals surface area contributed by atoms with E-state index in [4.69, 9.17) is 9.72 Å². The second kappa shape index (κ2) is 7.99. The van der Waals surface area contributed by atoms with Crippen molar-refractivity contribution in [3.05, 3.63) is 76.8 Å². The molecule has 0 aliphatic heterocycles. The number of hydrogen-bond acceptors (Lipinski definition) is 5. The van der Waals surface area contributed by atoms with E-state index in [2.05, 4.69) is 10.2 Å². The molecule has 9 heteroatoms. The van der Waals surface area contributed by atoms with Crippen molar-refractivity contribution in [2.75, 3.05) is 0 Å². The highest BCUT2D eigenvalue weighted by Crippen LogP contribution is 2.39. The number of rotatable bonds is 5. The maximum atomic E-state index is 13.9. The fraction of sp³-hybridized carbons (Fsp3) is 0.200. The fourth-order valence-electron chi connectivity index (χ4n) is 4.23. The lowest BCUT2D eigenvalue weighted by Crippen LogP contribution is -2.16. The molecule has 6 rings (SSSR count). The van der Waals surface area contributed by atoms with Gasteiger partial charge in [-0.05, 0) is 48.7 Å². The van der Waals surface area contributed by atoms with Gasteiger partial charge in [0.15, 0.2) is 5.65 Å². The Kier molecular flexibility index (Phi) is 4.92. The van der Waals surface area contributed by atoms with Gasteiger partial charge in [-0.3, -0.25) is 9.48 Å². The van der Waals surface area contributed by atoms with E-state index < -0.39 is 6.10 Å². The first kappa shape index (κ1) is 20.9. The van der Waals surface area contributed by atoms with Crippen LogP contribution in [-0.4, -0.2) is 30.5 Å². The lowest BCUT2D eigenvalue weighted by Gasteiger charge is -2.12.